The number of aliphatic carboxylic acids is 1. The summed E-state index contributed by atoms with van der Waals surface area (Å²) >= 11 is 0. The maximum absolute atomic E-state index is 12.1. The number of carboxylic acids is 1. The summed E-state index contributed by atoms with van der Waals surface area (Å²) in [6.45, 7) is 0.961. The van der Waals surface area contributed by atoms with E-state index in [0.717, 1.165) is 36.6 Å². The highest BCUT2D eigenvalue weighted by Crippen LogP contribution is 2.28. The van der Waals surface area contributed by atoms with Crippen LogP contribution in [0.3, 0.4) is 0 Å². The zero-order chi connectivity index (χ0) is 16.2. The largest absolute Gasteiger partial charge is 0.481 e. The molecule has 0 aliphatic heterocycles. The van der Waals surface area contributed by atoms with Crippen LogP contribution in [0.15, 0.2) is 36.5 Å². The normalized spacial score (nSPS) is 21.2. The molecule has 0 unspecified atom stereocenters. The fraction of sp³-hybridized carbons (Fsp3) is 0.444. The Morgan fingerprint density at radius 1 is 1.13 bits per heavy atom. The molecule has 5 heteroatoms. The van der Waals surface area contributed by atoms with E-state index < -0.39 is 5.97 Å². The Morgan fingerprint density at radius 3 is 2.61 bits per heavy atom. The van der Waals surface area contributed by atoms with Gasteiger partial charge in [0.25, 0.3) is 0 Å². The summed E-state index contributed by atoms with van der Waals surface area (Å²) in [5, 5.41) is 13.1. The minimum atomic E-state index is -0.688. The number of benzene rings is 1. The van der Waals surface area contributed by atoms with Gasteiger partial charge in [-0.1, -0.05) is 18.2 Å². The average molecular weight is 314 g/mol. The van der Waals surface area contributed by atoms with Gasteiger partial charge in [-0.2, -0.15) is 0 Å². The molecule has 1 fully saturated rings. The van der Waals surface area contributed by atoms with Crippen LogP contribution in [0.5, 0.6) is 0 Å². The van der Waals surface area contributed by atoms with Gasteiger partial charge in [0.15, 0.2) is 0 Å². The number of carbonyl (C=O) groups is 2. The second kappa shape index (κ2) is 6.86. The van der Waals surface area contributed by atoms with Crippen molar-refractivity contribution in [3.05, 3.63) is 36.5 Å². The molecule has 23 heavy (non-hydrogen) atoms. The molecule has 1 aromatic carbocycles. The van der Waals surface area contributed by atoms with E-state index in [1.54, 1.807) is 0 Å². The Labute approximate surface area is 135 Å². The van der Waals surface area contributed by atoms with Crippen molar-refractivity contribution < 1.29 is 14.7 Å². The quantitative estimate of drug-likeness (QED) is 0.891. The van der Waals surface area contributed by atoms with E-state index in [-0.39, 0.29) is 11.8 Å². The third-order valence-corrected chi connectivity index (χ3v) is 4.78. The first-order valence-electron chi connectivity index (χ1n) is 8.17. The third kappa shape index (κ3) is 3.73. The van der Waals surface area contributed by atoms with Crippen LogP contribution in [0.25, 0.3) is 10.9 Å². The van der Waals surface area contributed by atoms with Crippen LogP contribution in [-0.4, -0.2) is 28.1 Å². The zero-order valence-corrected chi connectivity index (χ0v) is 13.1. The molecule has 122 valence electrons. The van der Waals surface area contributed by atoms with Gasteiger partial charge in [0.2, 0.25) is 5.91 Å². The van der Waals surface area contributed by atoms with E-state index in [1.165, 1.54) is 0 Å². The van der Waals surface area contributed by atoms with Gasteiger partial charge in [-0.25, -0.2) is 0 Å². The number of carbonyl (C=O) groups excluding carboxylic acids is 1. The SMILES string of the molecule is O=C(Cn1ccc2ccccc21)NCC1CCC(C(=O)O)CC1. The van der Waals surface area contributed by atoms with Crippen molar-refractivity contribution in [2.24, 2.45) is 11.8 Å². The predicted octanol–water partition coefficient (Wildman–Crippen LogP) is 2.65. The minimum Gasteiger partial charge on any atom is -0.481 e. The standard InChI is InChI=1S/C18H22N2O3/c21-17(12-20-10-9-14-3-1-2-4-16(14)20)19-11-13-5-7-15(8-6-13)18(22)23/h1-4,9-10,13,15H,5-8,11-12H2,(H,19,21)(H,22,23). The van der Waals surface area contributed by atoms with Gasteiger partial charge in [-0.3, -0.25) is 9.59 Å². The third-order valence-electron chi connectivity index (χ3n) is 4.78. The number of carboxylic acid groups (broad SMARTS) is 1. The van der Waals surface area contributed by atoms with Gasteiger partial charge >= 0.3 is 5.97 Å². The molecule has 1 saturated carbocycles. The Bertz CT molecular complexity index is 699. The average Bonchev–Trinajstić information content (AvgIpc) is 2.96. The Hall–Kier alpha value is -2.30. The molecule has 0 spiro atoms. The van der Waals surface area contributed by atoms with Gasteiger partial charge in [0, 0.05) is 18.3 Å². The molecule has 1 aliphatic rings. The number of para-hydroxylation sites is 1. The van der Waals surface area contributed by atoms with E-state index in [0.29, 0.717) is 19.0 Å². The predicted molar refractivity (Wildman–Crippen MR) is 88.0 cm³/mol. The summed E-state index contributed by atoms with van der Waals surface area (Å²) < 4.78 is 1.95. The number of hydrogen-bond acceptors (Lipinski definition) is 2. The molecule has 2 N–H and O–H groups in total. The van der Waals surface area contributed by atoms with Gasteiger partial charge in [-0.05, 0) is 49.1 Å². The van der Waals surface area contributed by atoms with Crippen molar-refractivity contribution in [2.45, 2.75) is 32.2 Å². The summed E-state index contributed by atoms with van der Waals surface area (Å²) in [4.78, 5) is 23.1. The first-order chi connectivity index (χ1) is 11.1. The van der Waals surface area contributed by atoms with Crippen molar-refractivity contribution >= 4 is 22.8 Å². The van der Waals surface area contributed by atoms with Crippen LogP contribution in [0, 0.1) is 11.8 Å². The van der Waals surface area contributed by atoms with Crippen LogP contribution in [0.4, 0.5) is 0 Å². The lowest BCUT2D eigenvalue weighted by atomic mass is 9.82. The number of hydrogen-bond donors (Lipinski definition) is 2. The lowest BCUT2D eigenvalue weighted by molar-refractivity contribution is -0.143. The molecule has 0 atom stereocenters. The van der Waals surface area contributed by atoms with Crippen LogP contribution < -0.4 is 5.32 Å². The molecule has 0 saturated heterocycles. The van der Waals surface area contributed by atoms with Crippen molar-refractivity contribution in [3.8, 4) is 0 Å². The van der Waals surface area contributed by atoms with Crippen molar-refractivity contribution in [3.63, 3.8) is 0 Å². The molecule has 1 aliphatic carbocycles. The molecule has 1 amide bonds. The number of nitrogens with one attached hydrogen (secondary N) is 1. The van der Waals surface area contributed by atoms with Crippen molar-refractivity contribution in [1.29, 1.82) is 0 Å². The van der Waals surface area contributed by atoms with Gasteiger partial charge < -0.3 is 15.0 Å². The molecule has 1 aromatic heterocycles. The van der Waals surface area contributed by atoms with Crippen molar-refractivity contribution in [1.82, 2.24) is 9.88 Å². The second-order valence-corrected chi connectivity index (χ2v) is 6.36. The highest BCUT2D eigenvalue weighted by atomic mass is 16.4. The van der Waals surface area contributed by atoms with Crippen LogP contribution >= 0.6 is 0 Å². The number of amides is 1. The molecule has 5 nitrogen and oxygen atoms in total. The van der Waals surface area contributed by atoms with Crippen LogP contribution in [-0.2, 0) is 16.1 Å². The molecule has 1 heterocycles. The molecule has 3 rings (SSSR count). The molecule has 2 aromatic rings. The highest BCUT2D eigenvalue weighted by Gasteiger charge is 2.25. The number of nitrogens with zero attached hydrogens (tertiary/aromatic N) is 1. The summed E-state index contributed by atoms with van der Waals surface area (Å²) in [5.41, 5.74) is 1.06. The first kappa shape index (κ1) is 15.6. The van der Waals surface area contributed by atoms with Crippen LogP contribution in [0.1, 0.15) is 25.7 Å². The summed E-state index contributed by atoms with van der Waals surface area (Å²) in [6, 6.07) is 10.0. The summed E-state index contributed by atoms with van der Waals surface area (Å²) in [7, 11) is 0. The lowest BCUT2D eigenvalue weighted by Crippen LogP contribution is -2.34. The fourth-order valence-corrected chi connectivity index (χ4v) is 3.36. The van der Waals surface area contributed by atoms with Gasteiger partial charge in [-0.15, -0.1) is 0 Å². The molecular formula is C18H22N2O3. The van der Waals surface area contributed by atoms with Gasteiger partial charge in [0.1, 0.15) is 6.54 Å². The number of rotatable bonds is 5. The van der Waals surface area contributed by atoms with Gasteiger partial charge in [0.05, 0.1) is 5.92 Å². The molecule has 0 radical (unpaired) electrons. The molecular weight excluding hydrogens is 292 g/mol. The Morgan fingerprint density at radius 2 is 1.87 bits per heavy atom. The minimum absolute atomic E-state index is 0.00621. The topological polar surface area (TPSA) is 71.3 Å². The van der Waals surface area contributed by atoms with E-state index >= 15 is 0 Å². The van der Waals surface area contributed by atoms with Crippen LogP contribution in [0.2, 0.25) is 0 Å². The second-order valence-electron chi connectivity index (χ2n) is 6.36. The fourth-order valence-electron chi connectivity index (χ4n) is 3.36. The monoisotopic (exact) mass is 314 g/mol. The lowest BCUT2D eigenvalue weighted by Gasteiger charge is -2.26. The number of fused-ring (bicyclic) bond motifs is 1. The first-order valence-corrected chi connectivity index (χ1v) is 8.17. The highest BCUT2D eigenvalue weighted by molar-refractivity contribution is 5.83. The molecule has 0 bridgehead atoms. The number of aromatic nitrogens is 1. The zero-order valence-electron chi connectivity index (χ0n) is 13.1. The van der Waals surface area contributed by atoms with E-state index in [2.05, 4.69) is 5.32 Å². The maximum atomic E-state index is 12.1. The van der Waals surface area contributed by atoms with E-state index in [9.17, 15) is 9.59 Å². The van der Waals surface area contributed by atoms with E-state index in [1.807, 2.05) is 41.1 Å². The Balaban J connectivity index is 1.48. The summed E-state index contributed by atoms with van der Waals surface area (Å²) in [5.74, 6) is -0.483. The van der Waals surface area contributed by atoms with Crippen molar-refractivity contribution in [2.75, 3.05) is 6.54 Å². The maximum Gasteiger partial charge on any atom is 0.306 e. The Kier molecular flexibility index (Phi) is 4.65. The summed E-state index contributed by atoms with van der Waals surface area (Å²) in [6.07, 6.45) is 5.13. The van der Waals surface area contributed by atoms with E-state index in [4.69, 9.17) is 5.11 Å². The smallest absolute Gasteiger partial charge is 0.306 e.